The molecular weight excluding hydrogens is 230 g/mol. The van der Waals surface area contributed by atoms with E-state index in [9.17, 15) is 9.90 Å². The predicted octanol–water partition coefficient (Wildman–Crippen LogP) is 1.51. The van der Waals surface area contributed by atoms with Gasteiger partial charge in [-0.15, -0.1) is 0 Å². The second-order valence-corrected chi connectivity index (χ2v) is 4.35. The van der Waals surface area contributed by atoms with Gasteiger partial charge in [0.1, 0.15) is 5.75 Å². The van der Waals surface area contributed by atoms with E-state index in [4.69, 9.17) is 4.74 Å². The van der Waals surface area contributed by atoms with Crippen molar-refractivity contribution in [3.8, 4) is 5.75 Å². The molecule has 1 rings (SSSR count). The van der Waals surface area contributed by atoms with E-state index >= 15 is 0 Å². The number of aliphatic hydroxyl groups is 1. The minimum atomic E-state index is -0.507. The molecule has 1 aromatic carbocycles. The topological polar surface area (TPSA) is 58.6 Å². The minimum Gasteiger partial charge on any atom is -0.481 e. The summed E-state index contributed by atoms with van der Waals surface area (Å²) in [6.07, 6.45) is -0.245. The Morgan fingerprint density at radius 1 is 1.33 bits per heavy atom. The summed E-state index contributed by atoms with van der Waals surface area (Å²) in [5, 5.41) is 12.0. The largest absolute Gasteiger partial charge is 0.481 e. The van der Waals surface area contributed by atoms with Crippen LogP contribution in [0.25, 0.3) is 0 Å². The van der Waals surface area contributed by atoms with Crippen LogP contribution in [0.1, 0.15) is 26.3 Å². The Balaban J connectivity index is 2.55. The smallest absolute Gasteiger partial charge is 0.260 e. The van der Waals surface area contributed by atoms with Gasteiger partial charge in [0, 0.05) is 6.54 Å². The molecule has 4 heteroatoms. The highest BCUT2D eigenvalue weighted by molar-refractivity contribution is 5.80. The standard InChI is InChI=1S/C14H21NO3/c1-4-15-14(17)11(3)18-13-7-5-12(6-8-13)9-10(2)16/h5-8,10-11,16H,4,9H2,1-3H3,(H,15,17). The maximum Gasteiger partial charge on any atom is 0.260 e. The second-order valence-electron chi connectivity index (χ2n) is 4.35. The van der Waals surface area contributed by atoms with Crippen LogP contribution in [0.3, 0.4) is 0 Å². The Labute approximate surface area is 108 Å². The summed E-state index contributed by atoms with van der Waals surface area (Å²) >= 11 is 0. The number of rotatable bonds is 6. The molecule has 0 bridgehead atoms. The summed E-state index contributed by atoms with van der Waals surface area (Å²) in [5.41, 5.74) is 1.04. The maximum atomic E-state index is 11.5. The zero-order valence-corrected chi connectivity index (χ0v) is 11.1. The number of benzene rings is 1. The Morgan fingerprint density at radius 2 is 1.94 bits per heavy atom. The molecule has 0 aliphatic rings. The summed E-state index contributed by atoms with van der Waals surface area (Å²) in [5.74, 6) is 0.536. The van der Waals surface area contributed by atoms with E-state index in [-0.39, 0.29) is 12.0 Å². The monoisotopic (exact) mass is 251 g/mol. The minimum absolute atomic E-state index is 0.120. The zero-order valence-electron chi connectivity index (χ0n) is 11.1. The molecule has 0 heterocycles. The highest BCUT2D eigenvalue weighted by Gasteiger charge is 2.13. The number of carbonyl (C=O) groups is 1. The van der Waals surface area contributed by atoms with Crippen LogP contribution in [0.15, 0.2) is 24.3 Å². The fourth-order valence-electron chi connectivity index (χ4n) is 1.62. The average Bonchev–Trinajstić information content (AvgIpc) is 2.31. The van der Waals surface area contributed by atoms with Crippen LogP contribution in [-0.2, 0) is 11.2 Å². The van der Waals surface area contributed by atoms with Crippen LogP contribution < -0.4 is 10.1 Å². The van der Waals surface area contributed by atoms with E-state index in [1.54, 1.807) is 13.8 Å². The maximum absolute atomic E-state index is 11.5. The van der Waals surface area contributed by atoms with Gasteiger partial charge in [-0.2, -0.15) is 0 Å². The Hall–Kier alpha value is -1.55. The lowest BCUT2D eigenvalue weighted by molar-refractivity contribution is -0.127. The SMILES string of the molecule is CCNC(=O)C(C)Oc1ccc(CC(C)O)cc1. The van der Waals surface area contributed by atoms with Crippen LogP contribution in [-0.4, -0.2) is 29.8 Å². The molecule has 4 nitrogen and oxygen atoms in total. The molecule has 0 radical (unpaired) electrons. The van der Waals surface area contributed by atoms with Crippen molar-refractivity contribution in [3.05, 3.63) is 29.8 Å². The van der Waals surface area contributed by atoms with Crippen molar-refractivity contribution in [1.29, 1.82) is 0 Å². The summed E-state index contributed by atoms with van der Waals surface area (Å²) < 4.78 is 5.51. The first-order valence-corrected chi connectivity index (χ1v) is 6.24. The van der Waals surface area contributed by atoms with Crippen LogP contribution >= 0.6 is 0 Å². The van der Waals surface area contributed by atoms with Crippen LogP contribution in [0.4, 0.5) is 0 Å². The van der Waals surface area contributed by atoms with Gasteiger partial charge in [0.2, 0.25) is 0 Å². The van der Waals surface area contributed by atoms with Crippen molar-refractivity contribution >= 4 is 5.91 Å². The van der Waals surface area contributed by atoms with Crippen molar-refractivity contribution < 1.29 is 14.6 Å². The van der Waals surface area contributed by atoms with Gasteiger partial charge in [0.25, 0.3) is 5.91 Å². The number of aliphatic hydroxyl groups excluding tert-OH is 1. The van der Waals surface area contributed by atoms with Gasteiger partial charge in [-0.1, -0.05) is 12.1 Å². The molecule has 2 N–H and O–H groups in total. The molecule has 2 atom stereocenters. The molecule has 1 aromatic rings. The molecule has 0 saturated heterocycles. The first-order valence-electron chi connectivity index (χ1n) is 6.24. The number of amides is 1. The molecular formula is C14H21NO3. The Morgan fingerprint density at radius 3 is 2.44 bits per heavy atom. The number of hydrogen-bond donors (Lipinski definition) is 2. The molecule has 0 aliphatic heterocycles. The highest BCUT2D eigenvalue weighted by Crippen LogP contribution is 2.15. The summed E-state index contributed by atoms with van der Waals surface area (Å²) in [6, 6.07) is 7.42. The average molecular weight is 251 g/mol. The lowest BCUT2D eigenvalue weighted by Crippen LogP contribution is -2.36. The van der Waals surface area contributed by atoms with Gasteiger partial charge in [0.15, 0.2) is 6.10 Å². The Bertz CT molecular complexity index is 373. The third-order valence-corrected chi connectivity index (χ3v) is 2.49. The predicted molar refractivity (Wildman–Crippen MR) is 70.6 cm³/mol. The molecule has 0 spiro atoms. The van der Waals surface area contributed by atoms with Gasteiger partial charge < -0.3 is 15.2 Å². The van der Waals surface area contributed by atoms with Gasteiger partial charge in [-0.05, 0) is 44.9 Å². The fraction of sp³-hybridized carbons (Fsp3) is 0.500. The van der Waals surface area contributed by atoms with Crippen molar-refractivity contribution in [1.82, 2.24) is 5.32 Å². The van der Waals surface area contributed by atoms with E-state index in [1.165, 1.54) is 0 Å². The second kappa shape index (κ2) is 7.01. The first kappa shape index (κ1) is 14.5. The normalized spacial score (nSPS) is 13.8. The molecule has 100 valence electrons. The molecule has 0 fully saturated rings. The van der Waals surface area contributed by atoms with E-state index in [0.29, 0.717) is 18.7 Å². The molecule has 18 heavy (non-hydrogen) atoms. The van der Waals surface area contributed by atoms with Crippen LogP contribution in [0.2, 0.25) is 0 Å². The molecule has 1 amide bonds. The molecule has 0 aliphatic carbocycles. The lowest BCUT2D eigenvalue weighted by atomic mass is 10.1. The van der Waals surface area contributed by atoms with Gasteiger partial charge in [-0.25, -0.2) is 0 Å². The van der Waals surface area contributed by atoms with Crippen LogP contribution in [0, 0.1) is 0 Å². The van der Waals surface area contributed by atoms with E-state index in [1.807, 2.05) is 31.2 Å². The lowest BCUT2D eigenvalue weighted by Gasteiger charge is -2.14. The van der Waals surface area contributed by atoms with Gasteiger partial charge in [0.05, 0.1) is 6.10 Å². The third kappa shape index (κ3) is 4.75. The van der Waals surface area contributed by atoms with Crippen molar-refractivity contribution in [2.75, 3.05) is 6.54 Å². The van der Waals surface area contributed by atoms with E-state index in [2.05, 4.69) is 5.32 Å². The summed E-state index contributed by atoms with van der Waals surface area (Å²) in [4.78, 5) is 11.5. The summed E-state index contributed by atoms with van der Waals surface area (Å²) in [6.45, 7) is 5.94. The quantitative estimate of drug-likeness (QED) is 0.805. The third-order valence-electron chi connectivity index (χ3n) is 2.49. The number of nitrogens with one attached hydrogen (secondary N) is 1. The van der Waals surface area contributed by atoms with Crippen LogP contribution in [0.5, 0.6) is 5.75 Å². The van der Waals surface area contributed by atoms with Gasteiger partial charge in [-0.3, -0.25) is 4.79 Å². The zero-order chi connectivity index (χ0) is 13.5. The summed E-state index contributed by atoms with van der Waals surface area (Å²) in [7, 11) is 0. The number of likely N-dealkylation sites (N-methyl/N-ethyl adjacent to an activating group) is 1. The molecule has 0 saturated carbocycles. The van der Waals surface area contributed by atoms with E-state index in [0.717, 1.165) is 5.56 Å². The van der Waals surface area contributed by atoms with E-state index < -0.39 is 6.10 Å². The van der Waals surface area contributed by atoms with Gasteiger partial charge >= 0.3 is 0 Å². The number of hydrogen-bond acceptors (Lipinski definition) is 3. The first-order chi connectivity index (χ1) is 8.52. The fourth-order valence-corrected chi connectivity index (χ4v) is 1.62. The van der Waals surface area contributed by atoms with Crippen molar-refractivity contribution in [2.24, 2.45) is 0 Å². The van der Waals surface area contributed by atoms with Crippen molar-refractivity contribution in [3.63, 3.8) is 0 Å². The van der Waals surface area contributed by atoms with Crippen molar-refractivity contribution in [2.45, 2.75) is 39.4 Å². The molecule has 0 aromatic heterocycles. The number of carbonyl (C=O) groups excluding carboxylic acids is 1. The highest BCUT2D eigenvalue weighted by atomic mass is 16.5. The molecule has 2 unspecified atom stereocenters. The Kier molecular flexibility index (Phi) is 5.65. The number of ether oxygens (including phenoxy) is 1.